The SMILES string of the molecule is CCNC(=O)C1(Cc2ccc(-c3ccccc3F)cc2)CCN(C(=O)C2CCC2)CC1. The van der Waals surface area contributed by atoms with Crippen molar-refractivity contribution in [3.05, 3.63) is 59.9 Å². The molecular formula is C26H31FN2O2. The summed E-state index contributed by atoms with van der Waals surface area (Å²) >= 11 is 0. The number of hydrogen-bond donors (Lipinski definition) is 1. The van der Waals surface area contributed by atoms with Crippen LogP contribution in [0.1, 0.15) is 44.6 Å². The lowest BCUT2D eigenvalue weighted by Crippen LogP contribution is -2.52. The van der Waals surface area contributed by atoms with Gasteiger partial charge in [0.2, 0.25) is 11.8 Å². The molecule has 1 saturated carbocycles. The second kappa shape index (κ2) is 9.21. The van der Waals surface area contributed by atoms with Crippen molar-refractivity contribution in [2.75, 3.05) is 19.6 Å². The molecule has 1 heterocycles. The molecule has 2 aromatic carbocycles. The van der Waals surface area contributed by atoms with Crippen molar-refractivity contribution in [2.45, 2.75) is 45.4 Å². The molecule has 4 nitrogen and oxygen atoms in total. The van der Waals surface area contributed by atoms with Crippen molar-refractivity contribution in [2.24, 2.45) is 11.3 Å². The van der Waals surface area contributed by atoms with Gasteiger partial charge in [-0.15, -0.1) is 0 Å². The fourth-order valence-corrected chi connectivity index (χ4v) is 4.79. The summed E-state index contributed by atoms with van der Waals surface area (Å²) in [7, 11) is 0. The summed E-state index contributed by atoms with van der Waals surface area (Å²) < 4.78 is 14.1. The largest absolute Gasteiger partial charge is 0.356 e. The van der Waals surface area contributed by atoms with Gasteiger partial charge in [-0.1, -0.05) is 48.9 Å². The van der Waals surface area contributed by atoms with Crippen LogP contribution in [0.5, 0.6) is 0 Å². The molecule has 0 aromatic heterocycles. The molecule has 1 N–H and O–H groups in total. The van der Waals surface area contributed by atoms with Gasteiger partial charge in [-0.05, 0) is 56.2 Å². The Balaban J connectivity index is 1.49. The minimum absolute atomic E-state index is 0.0731. The number of hydrogen-bond acceptors (Lipinski definition) is 2. The summed E-state index contributed by atoms with van der Waals surface area (Å²) in [4.78, 5) is 27.7. The molecule has 164 valence electrons. The molecule has 0 bridgehead atoms. The summed E-state index contributed by atoms with van der Waals surface area (Å²) in [5, 5.41) is 3.02. The van der Waals surface area contributed by atoms with E-state index in [0.29, 0.717) is 44.5 Å². The van der Waals surface area contributed by atoms with Crippen LogP contribution in [0, 0.1) is 17.2 Å². The minimum atomic E-state index is -0.508. The smallest absolute Gasteiger partial charge is 0.226 e. The van der Waals surface area contributed by atoms with Crippen molar-refractivity contribution >= 4 is 11.8 Å². The molecule has 0 unspecified atom stereocenters. The van der Waals surface area contributed by atoms with Crippen LogP contribution in [0.3, 0.4) is 0 Å². The van der Waals surface area contributed by atoms with Gasteiger partial charge < -0.3 is 10.2 Å². The minimum Gasteiger partial charge on any atom is -0.356 e. The molecular weight excluding hydrogens is 391 g/mol. The average molecular weight is 423 g/mol. The third-order valence-electron chi connectivity index (χ3n) is 6.99. The molecule has 0 atom stereocenters. The summed E-state index contributed by atoms with van der Waals surface area (Å²) in [6.07, 6.45) is 5.13. The maximum absolute atomic E-state index is 14.1. The Bertz CT molecular complexity index is 929. The van der Waals surface area contributed by atoms with Gasteiger partial charge in [-0.3, -0.25) is 9.59 Å². The van der Waals surface area contributed by atoms with E-state index in [1.54, 1.807) is 12.1 Å². The number of carbonyl (C=O) groups is 2. The molecule has 1 aliphatic heterocycles. The summed E-state index contributed by atoms with van der Waals surface area (Å²) in [6.45, 7) is 3.81. The van der Waals surface area contributed by atoms with E-state index < -0.39 is 5.41 Å². The highest BCUT2D eigenvalue weighted by Crippen LogP contribution is 2.38. The van der Waals surface area contributed by atoms with Crippen LogP contribution in [0.15, 0.2) is 48.5 Å². The predicted molar refractivity (Wildman–Crippen MR) is 120 cm³/mol. The van der Waals surface area contributed by atoms with Crippen LogP contribution in [-0.4, -0.2) is 36.3 Å². The molecule has 1 aliphatic carbocycles. The lowest BCUT2D eigenvalue weighted by atomic mass is 9.72. The monoisotopic (exact) mass is 422 g/mol. The topological polar surface area (TPSA) is 49.4 Å². The van der Waals surface area contributed by atoms with Crippen LogP contribution in [0.25, 0.3) is 11.1 Å². The molecule has 4 rings (SSSR count). The number of amides is 2. The van der Waals surface area contributed by atoms with E-state index in [0.717, 1.165) is 30.4 Å². The number of carbonyl (C=O) groups excluding carboxylic acids is 2. The van der Waals surface area contributed by atoms with Gasteiger partial charge in [-0.2, -0.15) is 0 Å². The maximum Gasteiger partial charge on any atom is 0.226 e. The third kappa shape index (κ3) is 4.51. The highest BCUT2D eigenvalue weighted by Gasteiger charge is 2.43. The van der Waals surface area contributed by atoms with Crippen LogP contribution in [0.4, 0.5) is 4.39 Å². The van der Waals surface area contributed by atoms with E-state index in [1.165, 1.54) is 6.07 Å². The van der Waals surface area contributed by atoms with E-state index in [-0.39, 0.29) is 23.5 Å². The normalized spacial score (nSPS) is 18.3. The Morgan fingerprint density at radius 1 is 1.06 bits per heavy atom. The van der Waals surface area contributed by atoms with Crippen LogP contribution >= 0.6 is 0 Å². The van der Waals surface area contributed by atoms with E-state index in [1.807, 2.05) is 42.2 Å². The highest BCUT2D eigenvalue weighted by molar-refractivity contribution is 5.84. The van der Waals surface area contributed by atoms with Gasteiger partial charge in [-0.25, -0.2) is 4.39 Å². The summed E-state index contributed by atoms with van der Waals surface area (Å²) in [6, 6.07) is 14.6. The first-order chi connectivity index (χ1) is 15.0. The number of nitrogens with one attached hydrogen (secondary N) is 1. The average Bonchev–Trinajstić information content (AvgIpc) is 2.74. The van der Waals surface area contributed by atoms with Gasteiger partial charge >= 0.3 is 0 Å². The van der Waals surface area contributed by atoms with E-state index in [4.69, 9.17) is 0 Å². The zero-order chi connectivity index (χ0) is 21.8. The standard InChI is InChI=1S/C26H31FN2O2/c1-2-28-25(31)26(14-16-29(17-15-26)24(30)21-6-5-7-21)18-19-10-12-20(13-11-19)22-8-3-4-9-23(22)27/h3-4,8-13,21H,2,5-7,14-18H2,1H3,(H,28,31). The zero-order valence-corrected chi connectivity index (χ0v) is 18.2. The number of benzene rings is 2. The lowest BCUT2D eigenvalue weighted by Gasteiger charge is -2.42. The molecule has 2 amide bonds. The quantitative estimate of drug-likeness (QED) is 0.741. The molecule has 0 spiro atoms. The number of piperidine rings is 1. The fraction of sp³-hybridized carbons (Fsp3) is 0.462. The second-order valence-electron chi connectivity index (χ2n) is 8.95. The molecule has 0 radical (unpaired) electrons. The Hall–Kier alpha value is -2.69. The van der Waals surface area contributed by atoms with E-state index >= 15 is 0 Å². The predicted octanol–water partition coefficient (Wildman–Crippen LogP) is 4.58. The first kappa shape index (κ1) is 21.5. The lowest BCUT2D eigenvalue weighted by molar-refractivity contribution is -0.144. The third-order valence-corrected chi connectivity index (χ3v) is 6.99. The number of rotatable bonds is 6. The molecule has 2 aliphatic rings. The van der Waals surface area contributed by atoms with Gasteiger partial charge in [0.1, 0.15) is 5.82 Å². The highest BCUT2D eigenvalue weighted by atomic mass is 19.1. The van der Waals surface area contributed by atoms with E-state index in [9.17, 15) is 14.0 Å². The van der Waals surface area contributed by atoms with Gasteiger partial charge in [0.15, 0.2) is 0 Å². The maximum atomic E-state index is 14.1. The second-order valence-corrected chi connectivity index (χ2v) is 8.95. The van der Waals surface area contributed by atoms with Crippen molar-refractivity contribution in [3.8, 4) is 11.1 Å². The Morgan fingerprint density at radius 3 is 2.32 bits per heavy atom. The number of halogens is 1. The summed E-state index contributed by atoms with van der Waals surface area (Å²) in [5.41, 5.74) is 1.96. The number of nitrogens with zero attached hydrogens (tertiary/aromatic N) is 1. The molecule has 2 aromatic rings. The fourth-order valence-electron chi connectivity index (χ4n) is 4.79. The molecule has 31 heavy (non-hydrogen) atoms. The number of likely N-dealkylation sites (tertiary alicyclic amines) is 1. The van der Waals surface area contributed by atoms with Crippen molar-refractivity contribution < 1.29 is 14.0 Å². The zero-order valence-electron chi connectivity index (χ0n) is 18.2. The van der Waals surface area contributed by atoms with Crippen LogP contribution in [0.2, 0.25) is 0 Å². The molecule has 2 fully saturated rings. The van der Waals surface area contributed by atoms with E-state index in [2.05, 4.69) is 5.32 Å². The van der Waals surface area contributed by atoms with Crippen LogP contribution < -0.4 is 5.32 Å². The summed E-state index contributed by atoms with van der Waals surface area (Å²) in [5.74, 6) is 0.300. The van der Waals surface area contributed by atoms with Crippen molar-refractivity contribution in [1.29, 1.82) is 0 Å². The van der Waals surface area contributed by atoms with Crippen LogP contribution in [-0.2, 0) is 16.0 Å². The molecule has 5 heteroatoms. The van der Waals surface area contributed by atoms with Crippen molar-refractivity contribution in [1.82, 2.24) is 10.2 Å². The first-order valence-electron chi connectivity index (χ1n) is 11.4. The van der Waals surface area contributed by atoms with Gasteiger partial charge in [0, 0.05) is 31.1 Å². The van der Waals surface area contributed by atoms with Gasteiger partial charge in [0.25, 0.3) is 0 Å². The van der Waals surface area contributed by atoms with Crippen molar-refractivity contribution in [3.63, 3.8) is 0 Å². The Labute approximate surface area is 183 Å². The van der Waals surface area contributed by atoms with Gasteiger partial charge in [0.05, 0.1) is 5.41 Å². The first-order valence-corrected chi connectivity index (χ1v) is 11.4. The molecule has 1 saturated heterocycles. The Morgan fingerprint density at radius 2 is 1.74 bits per heavy atom. The Kier molecular flexibility index (Phi) is 6.40.